The molecule has 36 heavy (non-hydrogen) atoms. The Morgan fingerprint density at radius 1 is 1.03 bits per heavy atom. The summed E-state index contributed by atoms with van der Waals surface area (Å²) < 4.78 is 7.50. The molecule has 0 amide bonds. The summed E-state index contributed by atoms with van der Waals surface area (Å²) in [6.45, 7) is 1.30. The normalized spacial score (nSPS) is 12.2. The SMILES string of the molecule is CN(C)CCC(C=O)c1cc(-c2cccc(-c3ccnc(NCc4cnc5ccccn45)n3)n2)no1. The maximum atomic E-state index is 11.6. The van der Waals surface area contributed by atoms with Gasteiger partial charge in [-0.25, -0.2) is 19.9 Å². The maximum Gasteiger partial charge on any atom is 0.223 e. The van der Waals surface area contributed by atoms with Gasteiger partial charge in [0.2, 0.25) is 5.95 Å². The van der Waals surface area contributed by atoms with Gasteiger partial charge in [-0.1, -0.05) is 17.3 Å². The monoisotopic (exact) mass is 482 g/mol. The first-order chi connectivity index (χ1) is 17.6. The first-order valence-corrected chi connectivity index (χ1v) is 11.6. The van der Waals surface area contributed by atoms with E-state index in [9.17, 15) is 4.79 Å². The molecule has 0 aliphatic rings. The van der Waals surface area contributed by atoms with E-state index in [1.807, 2.05) is 78.3 Å². The van der Waals surface area contributed by atoms with Crippen molar-refractivity contribution in [2.75, 3.05) is 26.0 Å². The van der Waals surface area contributed by atoms with Crippen molar-refractivity contribution in [3.8, 4) is 22.8 Å². The number of carbonyl (C=O) groups excluding carboxylic acids is 1. The lowest BCUT2D eigenvalue weighted by atomic mass is 10.0. The summed E-state index contributed by atoms with van der Waals surface area (Å²) in [4.78, 5) is 31.7. The summed E-state index contributed by atoms with van der Waals surface area (Å²) in [5.41, 5.74) is 4.45. The first-order valence-electron chi connectivity index (χ1n) is 11.6. The van der Waals surface area contributed by atoms with E-state index in [2.05, 4.69) is 25.4 Å². The molecule has 0 fully saturated rings. The van der Waals surface area contributed by atoms with Crippen LogP contribution in [-0.2, 0) is 11.3 Å². The number of hydrogen-bond donors (Lipinski definition) is 1. The summed E-state index contributed by atoms with van der Waals surface area (Å²) in [6.07, 6.45) is 7.06. The summed E-state index contributed by atoms with van der Waals surface area (Å²) in [5.74, 6) is 0.680. The van der Waals surface area contributed by atoms with Gasteiger partial charge < -0.3 is 23.9 Å². The molecule has 0 aromatic carbocycles. The third kappa shape index (κ3) is 5.13. The Kier molecular flexibility index (Phi) is 6.76. The topological polar surface area (TPSA) is 114 Å². The zero-order valence-electron chi connectivity index (χ0n) is 20.1. The van der Waals surface area contributed by atoms with Crippen molar-refractivity contribution in [3.63, 3.8) is 0 Å². The van der Waals surface area contributed by atoms with Gasteiger partial charge in [0.05, 0.1) is 41.4 Å². The van der Waals surface area contributed by atoms with E-state index in [1.165, 1.54) is 0 Å². The standard InChI is InChI=1S/C26H26N8O2/c1-33(2)13-10-18(17-35)24-14-23(32-36-24)21-7-5-6-20(30-21)22-9-11-27-26(31-22)29-16-19-15-28-25-8-3-4-12-34(19)25/h3-9,11-12,14-15,17-18H,10,13,16H2,1-2H3,(H,27,29,31). The number of carbonyl (C=O) groups is 1. The molecule has 1 unspecified atom stereocenters. The van der Waals surface area contributed by atoms with Crippen LogP contribution in [0, 0.1) is 0 Å². The molecule has 0 bridgehead atoms. The van der Waals surface area contributed by atoms with Crippen LogP contribution >= 0.6 is 0 Å². The molecule has 0 saturated carbocycles. The third-order valence-corrected chi connectivity index (χ3v) is 5.80. The van der Waals surface area contributed by atoms with E-state index in [1.54, 1.807) is 12.3 Å². The Morgan fingerprint density at radius 3 is 2.69 bits per heavy atom. The van der Waals surface area contributed by atoms with Gasteiger partial charge in [0, 0.05) is 18.5 Å². The lowest BCUT2D eigenvalue weighted by Gasteiger charge is -2.11. The van der Waals surface area contributed by atoms with Crippen LogP contribution in [0.1, 0.15) is 23.8 Å². The summed E-state index contributed by atoms with van der Waals surface area (Å²) in [7, 11) is 3.94. The van der Waals surface area contributed by atoms with Gasteiger partial charge in [-0.3, -0.25) is 0 Å². The van der Waals surface area contributed by atoms with E-state index in [-0.39, 0.29) is 5.92 Å². The Bertz CT molecular complexity index is 1480. The number of anilines is 1. The van der Waals surface area contributed by atoms with E-state index < -0.39 is 0 Å². The number of aromatic nitrogens is 6. The Balaban J connectivity index is 1.32. The van der Waals surface area contributed by atoms with Gasteiger partial charge >= 0.3 is 0 Å². The molecule has 0 aliphatic heterocycles. The highest BCUT2D eigenvalue weighted by atomic mass is 16.5. The predicted molar refractivity (Wildman–Crippen MR) is 135 cm³/mol. The molecule has 10 heteroatoms. The van der Waals surface area contributed by atoms with E-state index in [0.717, 1.165) is 24.2 Å². The molecule has 1 atom stereocenters. The van der Waals surface area contributed by atoms with Crippen LogP contribution in [0.2, 0.25) is 0 Å². The van der Waals surface area contributed by atoms with E-state index >= 15 is 0 Å². The van der Waals surface area contributed by atoms with Crippen LogP contribution in [0.25, 0.3) is 28.4 Å². The zero-order valence-corrected chi connectivity index (χ0v) is 20.1. The zero-order chi connectivity index (χ0) is 24.9. The molecule has 0 spiro atoms. The second-order valence-corrected chi connectivity index (χ2v) is 8.65. The van der Waals surface area contributed by atoms with E-state index in [0.29, 0.717) is 47.4 Å². The average Bonchev–Trinajstić information content (AvgIpc) is 3.56. The van der Waals surface area contributed by atoms with Crippen LogP contribution in [0.3, 0.4) is 0 Å². The lowest BCUT2D eigenvalue weighted by Crippen LogP contribution is -2.16. The van der Waals surface area contributed by atoms with Crippen molar-refractivity contribution in [1.29, 1.82) is 0 Å². The summed E-state index contributed by atoms with van der Waals surface area (Å²) in [6, 6.07) is 15.1. The van der Waals surface area contributed by atoms with Crippen molar-refractivity contribution < 1.29 is 9.32 Å². The number of nitrogens with zero attached hydrogens (tertiary/aromatic N) is 7. The van der Waals surface area contributed by atoms with Crippen LogP contribution in [0.4, 0.5) is 5.95 Å². The van der Waals surface area contributed by atoms with Gasteiger partial charge in [0.15, 0.2) is 0 Å². The minimum Gasteiger partial charge on any atom is -0.360 e. The second kappa shape index (κ2) is 10.4. The average molecular weight is 483 g/mol. The van der Waals surface area contributed by atoms with Gasteiger partial charge in [-0.15, -0.1) is 0 Å². The molecular formula is C26H26N8O2. The van der Waals surface area contributed by atoms with Crippen LogP contribution in [-0.4, -0.2) is 61.3 Å². The highest BCUT2D eigenvalue weighted by Gasteiger charge is 2.18. The number of pyridine rings is 2. The first kappa shape index (κ1) is 23.3. The molecule has 5 aromatic rings. The van der Waals surface area contributed by atoms with Crippen LogP contribution in [0.15, 0.2) is 71.6 Å². The van der Waals surface area contributed by atoms with Crippen molar-refractivity contribution in [3.05, 3.63) is 78.6 Å². The van der Waals surface area contributed by atoms with Crippen molar-refractivity contribution in [2.45, 2.75) is 18.9 Å². The van der Waals surface area contributed by atoms with Crippen LogP contribution in [0.5, 0.6) is 0 Å². The lowest BCUT2D eigenvalue weighted by molar-refractivity contribution is -0.109. The minimum atomic E-state index is -0.347. The molecule has 5 aromatic heterocycles. The Morgan fingerprint density at radius 2 is 1.86 bits per heavy atom. The number of aldehydes is 1. The Labute approximate surface area is 208 Å². The smallest absolute Gasteiger partial charge is 0.223 e. The molecule has 0 saturated heterocycles. The second-order valence-electron chi connectivity index (χ2n) is 8.65. The number of hydrogen-bond acceptors (Lipinski definition) is 9. The largest absolute Gasteiger partial charge is 0.360 e. The summed E-state index contributed by atoms with van der Waals surface area (Å²) in [5, 5.41) is 7.42. The van der Waals surface area contributed by atoms with Gasteiger partial charge in [-0.2, -0.15) is 0 Å². The molecular weight excluding hydrogens is 456 g/mol. The van der Waals surface area contributed by atoms with Crippen molar-refractivity contribution >= 4 is 17.9 Å². The molecule has 1 N–H and O–H groups in total. The minimum absolute atomic E-state index is 0.347. The number of imidazole rings is 1. The van der Waals surface area contributed by atoms with Gasteiger partial charge in [0.25, 0.3) is 0 Å². The van der Waals surface area contributed by atoms with E-state index in [4.69, 9.17) is 9.51 Å². The van der Waals surface area contributed by atoms with Gasteiger partial charge in [0.1, 0.15) is 23.4 Å². The highest BCUT2D eigenvalue weighted by molar-refractivity contribution is 5.65. The Hall–Kier alpha value is -4.44. The maximum absolute atomic E-state index is 11.6. The molecule has 10 nitrogen and oxygen atoms in total. The predicted octanol–water partition coefficient (Wildman–Crippen LogP) is 3.69. The van der Waals surface area contributed by atoms with Gasteiger partial charge in [-0.05, 0) is 57.4 Å². The third-order valence-electron chi connectivity index (χ3n) is 5.80. The molecule has 0 radical (unpaired) electrons. The quantitative estimate of drug-likeness (QED) is 0.298. The number of nitrogens with one attached hydrogen (secondary N) is 1. The number of rotatable bonds is 10. The fourth-order valence-electron chi connectivity index (χ4n) is 3.85. The molecule has 0 aliphatic carbocycles. The molecule has 5 rings (SSSR count). The molecule has 182 valence electrons. The summed E-state index contributed by atoms with van der Waals surface area (Å²) >= 11 is 0. The van der Waals surface area contributed by atoms with Crippen LogP contribution < -0.4 is 5.32 Å². The molecule has 5 heterocycles. The fourth-order valence-corrected chi connectivity index (χ4v) is 3.85. The fraction of sp³-hybridized carbons (Fsp3) is 0.231. The van der Waals surface area contributed by atoms with Crippen molar-refractivity contribution in [1.82, 2.24) is 34.4 Å². The van der Waals surface area contributed by atoms with Crippen molar-refractivity contribution in [2.24, 2.45) is 0 Å². The number of fused-ring (bicyclic) bond motifs is 1. The highest BCUT2D eigenvalue weighted by Crippen LogP contribution is 2.25.